The topological polar surface area (TPSA) is 51.5 Å². The molecule has 1 heterocycles. The number of nitrogens with one attached hydrogen (secondary N) is 2. The summed E-state index contributed by atoms with van der Waals surface area (Å²) in [7, 11) is 0. The van der Waals surface area contributed by atoms with Crippen LogP contribution in [0.3, 0.4) is 0 Å². The molecule has 3 aromatic rings. The van der Waals surface area contributed by atoms with E-state index in [1.807, 2.05) is 61.5 Å². The molecule has 0 spiro atoms. The first-order chi connectivity index (χ1) is 15.2. The van der Waals surface area contributed by atoms with Crippen molar-refractivity contribution in [1.82, 2.24) is 4.90 Å². The molecule has 0 amide bonds. The number of amidine groups is 2. The lowest BCUT2D eigenvalue weighted by Crippen LogP contribution is -2.39. The van der Waals surface area contributed by atoms with E-state index in [-0.39, 0.29) is 0 Å². The number of benzene rings is 3. The van der Waals surface area contributed by atoms with Crippen molar-refractivity contribution in [2.24, 2.45) is 10.9 Å². The van der Waals surface area contributed by atoms with E-state index in [0.29, 0.717) is 11.8 Å². The van der Waals surface area contributed by atoms with Crippen molar-refractivity contribution in [3.05, 3.63) is 96.1 Å². The van der Waals surface area contributed by atoms with Gasteiger partial charge in [0.25, 0.3) is 0 Å². The molecule has 0 aromatic heterocycles. The van der Waals surface area contributed by atoms with Crippen molar-refractivity contribution in [2.75, 3.05) is 18.4 Å². The van der Waals surface area contributed by atoms with E-state index in [4.69, 9.17) is 5.41 Å². The summed E-state index contributed by atoms with van der Waals surface area (Å²) < 4.78 is 0. The average Bonchev–Trinajstić information content (AvgIpc) is 2.80. The molecule has 4 rings (SSSR count). The summed E-state index contributed by atoms with van der Waals surface area (Å²) in [5.74, 6) is 2.15. The van der Waals surface area contributed by atoms with Crippen LogP contribution < -0.4 is 5.32 Å². The number of likely N-dealkylation sites (tertiary alicyclic amines) is 1. The van der Waals surface area contributed by atoms with Crippen LogP contribution in [0.4, 0.5) is 11.4 Å². The zero-order valence-corrected chi connectivity index (χ0v) is 18.1. The standard InChI is InChI=1S/C27H30N4/c1-21(29-25-12-6-3-7-13-25)30-26-14-8-11-24(20-26)27(28)31-17-15-23(16-18-31)19-22-9-4-2-5-10-22/h2-14,20,23,28H,15-19H2,1H3,(H,29,30). The fourth-order valence-electron chi connectivity index (χ4n) is 4.17. The molecule has 2 N–H and O–H groups in total. The van der Waals surface area contributed by atoms with Crippen LogP contribution in [0.15, 0.2) is 89.9 Å². The van der Waals surface area contributed by atoms with Gasteiger partial charge in [-0.25, -0.2) is 4.99 Å². The van der Waals surface area contributed by atoms with Crippen molar-refractivity contribution >= 4 is 23.0 Å². The molecule has 1 saturated heterocycles. The molecule has 31 heavy (non-hydrogen) atoms. The van der Waals surface area contributed by atoms with E-state index in [2.05, 4.69) is 45.5 Å². The molecule has 0 atom stereocenters. The lowest BCUT2D eigenvalue weighted by molar-refractivity contribution is 0.264. The van der Waals surface area contributed by atoms with Crippen LogP contribution in [0.5, 0.6) is 0 Å². The van der Waals surface area contributed by atoms with Gasteiger partial charge in [0.15, 0.2) is 0 Å². The van der Waals surface area contributed by atoms with Gasteiger partial charge in [-0.15, -0.1) is 0 Å². The second kappa shape index (κ2) is 10.1. The van der Waals surface area contributed by atoms with Crippen LogP contribution in [0, 0.1) is 11.3 Å². The summed E-state index contributed by atoms with van der Waals surface area (Å²) in [5.41, 5.74) is 4.24. The van der Waals surface area contributed by atoms with E-state index >= 15 is 0 Å². The highest BCUT2D eigenvalue weighted by atomic mass is 15.2. The number of nitrogens with zero attached hydrogens (tertiary/aromatic N) is 2. The summed E-state index contributed by atoms with van der Waals surface area (Å²) in [6, 6.07) is 28.8. The number of rotatable bonds is 5. The van der Waals surface area contributed by atoms with Gasteiger partial charge in [0, 0.05) is 24.3 Å². The van der Waals surface area contributed by atoms with Gasteiger partial charge in [0.2, 0.25) is 0 Å². The Morgan fingerprint density at radius 2 is 1.61 bits per heavy atom. The van der Waals surface area contributed by atoms with Crippen LogP contribution in [-0.4, -0.2) is 29.7 Å². The smallest absolute Gasteiger partial charge is 0.128 e. The lowest BCUT2D eigenvalue weighted by atomic mass is 9.90. The summed E-state index contributed by atoms with van der Waals surface area (Å²) in [6.45, 7) is 3.85. The Balaban J connectivity index is 1.34. The quantitative estimate of drug-likeness (QED) is 0.393. The molecule has 1 fully saturated rings. The molecule has 0 bridgehead atoms. The highest BCUT2D eigenvalue weighted by Gasteiger charge is 2.22. The maximum atomic E-state index is 8.74. The van der Waals surface area contributed by atoms with Gasteiger partial charge in [0.1, 0.15) is 11.7 Å². The number of anilines is 1. The van der Waals surface area contributed by atoms with E-state index in [1.165, 1.54) is 5.56 Å². The third-order valence-electron chi connectivity index (χ3n) is 5.81. The Bertz CT molecular complexity index is 1020. The molecule has 0 unspecified atom stereocenters. The average molecular weight is 411 g/mol. The van der Waals surface area contributed by atoms with E-state index in [9.17, 15) is 0 Å². The molecular weight excluding hydrogens is 380 g/mol. The third kappa shape index (κ3) is 5.82. The van der Waals surface area contributed by atoms with Crippen LogP contribution in [0.25, 0.3) is 0 Å². The highest BCUT2D eigenvalue weighted by molar-refractivity contribution is 5.99. The third-order valence-corrected chi connectivity index (χ3v) is 5.81. The fraction of sp³-hybridized carbons (Fsp3) is 0.259. The first-order valence-corrected chi connectivity index (χ1v) is 11.0. The van der Waals surface area contributed by atoms with E-state index in [1.54, 1.807) is 0 Å². The van der Waals surface area contributed by atoms with Gasteiger partial charge in [0.05, 0.1) is 5.69 Å². The number of hydrogen-bond acceptors (Lipinski definition) is 2. The highest BCUT2D eigenvalue weighted by Crippen LogP contribution is 2.23. The van der Waals surface area contributed by atoms with E-state index < -0.39 is 0 Å². The van der Waals surface area contributed by atoms with Crippen LogP contribution in [-0.2, 0) is 6.42 Å². The molecule has 4 heteroatoms. The number of hydrogen-bond donors (Lipinski definition) is 2. The molecule has 1 aliphatic heterocycles. The van der Waals surface area contributed by atoms with Gasteiger partial charge < -0.3 is 10.2 Å². The van der Waals surface area contributed by atoms with Gasteiger partial charge in [-0.05, 0) is 61.9 Å². The largest absolute Gasteiger partial charge is 0.357 e. The van der Waals surface area contributed by atoms with Crippen LogP contribution >= 0.6 is 0 Å². The van der Waals surface area contributed by atoms with Gasteiger partial charge in [-0.2, -0.15) is 0 Å². The van der Waals surface area contributed by atoms with Gasteiger partial charge in [-0.1, -0.05) is 60.7 Å². The minimum Gasteiger partial charge on any atom is -0.357 e. The number of para-hydroxylation sites is 1. The Hall–Kier alpha value is -3.40. The van der Waals surface area contributed by atoms with Crippen molar-refractivity contribution in [3.63, 3.8) is 0 Å². The summed E-state index contributed by atoms with van der Waals surface area (Å²) in [5, 5.41) is 12.1. The second-order valence-corrected chi connectivity index (χ2v) is 8.21. The Morgan fingerprint density at radius 1 is 0.935 bits per heavy atom. The monoisotopic (exact) mass is 410 g/mol. The molecular formula is C27H30N4. The summed E-state index contributed by atoms with van der Waals surface area (Å²) in [6.07, 6.45) is 3.41. The van der Waals surface area contributed by atoms with Crippen LogP contribution in [0.1, 0.15) is 30.9 Å². The van der Waals surface area contributed by atoms with Gasteiger partial charge in [-0.3, -0.25) is 5.41 Å². The van der Waals surface area contributed by atoms with Crippen molar-refractivity contribution < 1.29 is 0 Å². The zero-order chi connectivity index (χ0) is 21.5. The van der Waals surface area contributed by atoms with Crippen molar-refractivity contribution in [3.8, 4) is 0 Å². The number of aliphatic imine (C=N–C) groups is 1. The first-order valence-electron chi connectivity index (χ1n) is 11.0. The molecule has 0 radical (unpaired) electrons. The SMILES string of the molecule is CC(=Nc1ccccc1)Nc1cccc(C(=N)N2CCC(Cc3ccccc3)CC2)c1. The van der Waals surface area contributed by atoms with Crippen molar-refractivity contribution in [2.45, 2.75) is 26.2 Å². The summed E-state index contributed by atoms with van der Waals surface area (Å²) >= 11 is 0. The van der Waals surface area contributed by atoms with Crippen LogP contribution in [0.2, 0.25) is 0 Å². The molecule has 0 saturated carbocycles. The minimum absolute atomic E-state index is 0.611. The van der Waals surface area contributed by atoms with E-state index in [0.717, 1.165) is 55.1 Å². The zero-order valence-electron chi connectivity index (χ0n) is 18.1. The molecule has 158 valence electrons. The normalized spacial score (nSPS) is 15.0. The molecule has 4 nitrogen and oxygen atoms in total. The molecule has 3 aromatic carbocycles. The fourth-order valence-corrected chi connectivity index (χ4v) is 4.17. The maximum absolute atomic E-state index is 8.74. The predicted molar refractivity (Wildman–Crippen MR) is 131 cm³/mol. The molecule has 1 aliphatic rings. The Labute approximate surface area is 185 Å². The first kappa shape index (κ1) is 20.9. The second-order valence-electron chi connectivity index (χ2n) is 8.21. The lowest BCUT2D eigenvalue weighted by Gasteiger charge is -2.34. The minimum atomic E-state index is 0.611. The number of piperidine rings is 1. The summed E-state index contributed by atoms with van der Waals surface area (Å²) in [4.78, 5) is 6.82. The Kier molecular flexibility index (Phi) is 6.78. The predicted octanol–water partition coefficient (Wildman–Crippen LogP) is 6.13. The molecule has 0 aliphatic carbocycles. The van der Waals surface area contributed by atoms with Crippen molar-refractivity contribution in [1.29, 1.82) is 5.41 Å². The maximum Gasteiger partial charge on any atom is 0.128 e. The van der Waals surface area contributed by atoms with Gasteiger partial charge >= 0.3 is 0 Å². The Morgan fingerprint density at radius 3 is 2.32 bits per heavy atom.